The van der Waals surface area contributed by atoms with E-state index in [2.05, 4.69) is 14.5 Å². The van der Waals surface area contributed by atoms with Crippen LogP contribution in [0.15, 0.2) is 6.07 Å². The Kier molecular flexibility index (Phi) is 5.22. The summed E-state index contributed by atoms with van der Waals surface area (Å²) >= 11 is 0. The highest BCUT2D eigenvalue weighted by Gasteiger charge is 2.41. The van der Waals surface area contributed by atoms with E-state index in [1.807, 2.05) is 0 Å². The molecule has 0 fully saturated rings. The van der Waals surface area contributed by atoms with Gasteiger partial charge in [-0.1, -0.05) is 0 Å². The maximum atomic E-state index is 12.8. The molecule has 0 aliphatic carbocycles. The van der Waals surface area contributed by atoms with E-state index in [-0.39, 0.29) is 11.3 Å². The van der Waals surface area contributed by atoms with Gasteiger partial charge >= 0.3 is 18.5 Å². The van der Waals surface area contributed by atoms with Crippen LogP contribution in [0.4, 0.5) is 26.3 Å². The SMILES string of the molecule is COC(=O)Cc1nc(OC(F)(F)F)c(C(F)(F)F)cc1CN. The second-order valence-corrected chi connectivity index (χ2v) is 3.95. The summed E-state index contributed by atoms with van der Waals surface area (Å²) in [6, 6.07) is 0.367. The highest BCUT2D eigenvalue weighted by molar-refractivity contribution is 5.72. The summed E-state index contributed by atoms with van der Waals surface area (Å²) in [6.45, 7) is -0.464. The van der Waals surface area contributed by atoms with Crippen molar-refractivity contribution in [3.05, 3.63) is 22.9 Å². The second kappa shape index (κ2) is 6.38. The Balaban J connectivity index is 3.42. The van der Waals surface area contributed by atoms with E-state index in [0.29, 0.717) is 6.07 Å². The zero-order chi connectivity index (χ0) is 17.1. The molecule has 22 heavy (non-hydrogen) atoms. The molecule has 1 aromatic heterocycles. The van der Waals surface area contributed by atoms with E-state index in [1.54, 1.807) is 0 Å². The third kappa shape index (κ3) is 4.76. The maximum absolute atomic E-state index is 12.8. The molecule has 0 aromatic carbocycles. The largest absolute Gasteiger partial charge is 0.574 e. The molecule has 1 heterocycles. The summed E-state index contributed by atoms with van der Waals surface area (Å²) in [4.78, 5) is 14.3. The van der Waals surface area contributed by atoms with Gasteiger partial charge in [0.2, 0.25) is 5.88 Å². The molecule has 0 radical (unpaired) electrons. The highest BCUT2D eigenvalue weighted by atomic mass is 19.4. The molecule has 0 saturated carbocycles. The average molecular weight is 332 g/mol. The van der Waals surface area contributed by atoms with Crippen molar-refractivity contribution < 1.29 is 40.6 Å². The number of pyridine rings is 1. The molecule has 1 rings (SSSR count). The molecule has 124 valence electrons. The van der Waals surface area contributed by atoms with E-state index in [9.17, 15) is 31.1 Å². The van der Waals surface area contributed by atoms with Gasteiger partial charge in [-0.3, -0.25) is 4.79 Å². The lowest BCUT2D eigenvalue weighted by Gasteiger charge is -2.17. The van der Waals surface area contributed by atoms with Gasteiger partial charge in [-0.25, -0.2) is 4.98 Å². The molecule has 0 bridgehead atoms. The molecule has 1 aromatic rings. The fourth-order valence-corrected chi connectivity index (χ4v) is 1.50. The molecule has 11 heteroatoms. The van der Waals surface area contributed by atoms with Crippen molar-refractivity contribution in [2.75, 3.05) is 7.11 Å². The van der Waals surface area contributed by atoms with Crippen LogP contribution in [-0.4, -0.2) is 24.4 Å². The summed E-state index contributed by atoms with van der Waals surface area (Å²) in [6.07, 6.45) is -11.2. The Hall–Kier alpha value is -2.04. The highest BCUT2D eigenvalue weighted by Crippen LogP contribution is 2.38. The lowest BCUT2D eigenvalue weighted by Crippen LogP contribution is -2.23. The number of carbonyl (C=O) groups excluding carboxylic acids is 1. The molecule has 0 atom stereocenters. The third-order valence-corrected chi connectivity index (χ3v) is 2.43. The first-order chi connectivity index (χ1) is 9.97. The Labute approximate surface area is 120 Å². The Morgan fingerprint density at radius 1 is 1.27 bits per heavy atom. The third-order valence-electron chi connectivity index (χ3n) is 2.43. The van der Waals surface area contributed by atoms with Crippen LogP contribution in [0.5, 0.6) is 5.88 Å². The standard InChI is InChI=1S/C11H10F6N2O3/c1-21-8(20)3-7-5(4-18)2-6(10(12,13)14)9(19-7)22-11(15,16)17/h2H,3-4,18H2,1H3. The first kappa shape index (κ1) is 18.0. The summed E-state index contributed by atoms with van der Waals surface area (Å²) in [5.74, 6) is -2.60. The smallest absolute Gasteiger partial charge is 0.469 e. The van der Waals surface area contributed by atoms with Crippen LogP contribution in [0.1, 0.15) is 16.8 Å². The van der Waals surface area contributed by atoms with E-state index in [4.69, 9.17) is 5.73 Å². The lowest BCUT2D eigenvalue weighted by molar-refractivity contribution is -0.277. The molecule has 0 amide bonds. The van der Waals surface area contributed by atoms with Gasteiger partial charge in [-0.2, -0.15) is 13.2 Å². The molecule has 0 unspecified atom stereocenters. The van der Waals surface area contributed by atoms with Gasteiger partial charge in [0.25, 0.3) is 0 Å². The van der Waals surface area contributed by atoms with Gasteiger partial charge < -0.3 is 15.2 Å². The minimum Gasteiger partial charge on any atom is -0.469 e. The van der Waals surface area contributed by atoms with E-state index in [0.717, 1.165) is 7.11 Å². The number of carbonyl (C=O) groups is 1. The second-order valence-electron chi connectivity index (χ2n) is 3.95. The van der Waals surface area contributed by atoms with Gasteiger partial charge in [0, 0.05) is 6.54 Å². The number of ether oxygens (including phenoxy) is 2. The van der Waals surface area contributed by atoms with E-state index >= 15 is 0 Å². The predicted molar refractivity (Wildman–Crippen MR) is 59.5 cm³/mol. The number of methoxy groups -OCH3 is 1. The van der Waals surface area contributed by atoms with Crippen molar-refractivity contribution >= 4 is 5.97 Å². The first-order valence-electron chi connectivity index (χ1n) is 5.60. The predicted octanol–water partition coefficient (Wildman–Crippen LogP) is 2.17. The summed E-state index contributed by atoms with van der Waals surface area (Å²) < 4.78 is 82.5. The topological polar surface area (TPSA) is 74.4 Å². The monoisotopic (exact) mass is 332 g/mol. The number of aromatic nitrogens is 1. The zero-order valence-corrected chi connectivity index (χ0v) is 11.0. The van der Waals surface area contributed by atoms with Crippen LogP contribution >= 0.6 is 0 Å². The van der Waals surface area contributed by atoms with Crippen LogP contribution in [-0.2, 0) is 28.7 Å². The van der Waals surface area contributed by atoms with Gasteiger partial charge in [0.1, 0.15) is 5.56 Å². The average Bonchev–Trinajstić information content (AvgIpc) is 2.35. The number of alkyl halides is 6. The molecule has 0 aliphatic rings. The van der Waals surface area contributed by atoms with Crippen LogP contribution in [0.2, 0.25) is 0 Å². The Morgan fingerprint density at radius 3 is 2.27 bits per heavy atom. The van der Waals surface area contributed by atoms with Crippen molar-refractivity contribution in [2.45, 2.75) is 25.5 Å². The summed E-state index contributed by atoms with van der Waals surface area (Å²) in [7, 11) is 1.00. The molecular weight excluding hydrogens is 322 g/mol. The molecule has 0 saturated heterocycles. The number of nitrogens with zero attached hydrogens (tertiary/aromatic N) is 1. The normalized spacial score (nSPS) is 12.2. The van der Waals surface area contributed by atoms with Gasteiger partial charge in [0.15, 0.2) is 0 Å². The molecule has 5 nitrogen and oxygen atoms in total. The van der Waals surface area contributed by atoms with Crippen molar-refractivity contribution in [3.8, 4) is 5.88 Å². The van der Waals surface area contributed by atoms with E-state index < -0.39 is 42.9 Å². The number of rotatable bonds is 4. The van der Waals surface area contributed by atoms with Crippen molar-refractivity contribution in [2.24, 2.45) is 5.73 Å². The van der Waals surface area contributed by atoms with Gasteiger partial charge in [-0.15, -0.1) is 13.2 Å². The molecule has 0 spiro atoms. The minimum atomic E-state index is -5.38. The zero-order valence-electron chi connectivity index (χ0n) is 11.0. The Bertz CT molecular complexity index is 556. The number of hydrogen-bond acceptors (Lipinski definition) is 5. The number of halogens is 6. The van der Waals surface area contributed by atoms with Gasteiger partial charge in [0.05, 0.1) is 19.2 Å². The van der Waals surface area contributed by atoms with E-state index in [1.165, 1.54) is 0 Å². The molecule has 0 aliphatic heterocycles. The van der Waals surface area contributed by atoms with Crippen molar-refractivity contribution in [3.63, 3.8) is 0 Å². The van der Waals surface area contributed by atoms with Crippen LogP contribution < -0.4 is 10.5 Å². The first-order valence-corrected chi connectivity index (χ1v) is 5.60. The van der Waals surface area contributed by atoms with Crippen LogP contribution in [0.3, 0.4) is 0 Å². The number of esters is 1. The van der Waals surface area contributed by atoms with Crippen molar-refractivity contribution in [1.29, 1.82) is 0 Å². The summed E-state index contributed by atoms with van der Waals surface area (Å²) in [5.41, 5.74) is 2.87. The quantitative estimate of drug-likeness (QED) is 0.676. The fraction of sp³-hybridized carbons (Fsp3) is 0.455. The molecule has 2 N–H and O–H groups in total. The number of nitrogens with two attached hydrogens (primary N) is 1. The number of hydrogen-bond donors (Lipinski definition) is 1. The lowest BCUT2D eigenvalue weighted by atomic mass is 10.1. The molecular formula is C11H10F6N2O3. The maximum Gasteiger partial charge on any atom is 0.574 e. The fourth-order valence-electron chi connectivity index (χ4n) is 1.50. The van der Waals surface area contributed by atoms with Gasteiger partial charge in [-0.05, 0) is 11.6 Å². The van der Waals surface area contributed by atoms with Crippen LogP contribution in [0.25, 0.3) is 0 Å². The Morgan fingerprint density at radius 2 is 1.86 bits per heavy atom. The summed E-state index contributed by atoms with van der Waals surface area (Å²) in [5, 5.41) is 0. The minimum absolute atomic E-state index is 0.243. The van der Waals surface area contributed by atoms with Crippen LogP contribution in [0, 0.1) is 0 Å². The van der Waals surface area contributed by atoms with Crippen molar-refractivity contribution in [1.82, 2.24) is 4.98 Å².